The molecule has 6 aromatic carbocycles. The number of fused-ring (bicyclic) bond motifs is 3. The fourth-order valence-corrected chi connectivity index (χ4v) is 6.29. The molecule has 0 saturated carbocycles. The molecule has 9 aromatic rings. The molecular weight excluding hydrogens is 815 g/mol. The molecule has 0 spiro atoms. The van der Waals surface area contributed by atoms with Gasteiger partial charge in [-0.2, -0.15) is 0 Å². The number of furan rings is 1. The molecule has 0 aliphatic rings. The van der Waals surface area contributed by atoms with Crippen molar-refractivity contribution in [2.75, 3.05) is 0 Å². The number of hydrogen-bond donors (Lipinski definition) is 0. The van der Waals surface area contributed by atoms with Crippen molar-refractivity contribution in [2.45, 2.75) is 20.8 Å². The maximum Gasteiger partial charge on any atom is 0.120 e. The second-order valence-electron chi connectivity index (χ2n) is 12.7. The van der Waals surface area contributed by atoms with Crippen LogP contribution < -0.4 is 0 Å². The number of aryl methyl sites for hydroxylation is 3. The number of aromatic nitrogens is 3. The van der Waals surface area contributed by atoms with Gasteiger partial charge in [-0.3, -0.25) is 4.98 Å². The molecule has 0 aliphatic carbocycles. The molecule has 52 heavy (non-hydrogen) atoms. The first-order chi connectivity index (χ1) is 25.0. The van der Waals surface area contributed by atoms with Crippen LogP contribution in [0.5, 0.6) is 0 Å². The van der Waals surface area contributed by atoms with E-state index in [1.807, 2.05) is 55.0 Å². The van der Waals surface area contributed by atoms with Gasteiger partial charge in [-0.25, -0.2) is 0 Å². The summed E-state index contributed by atoms with van der Waals surface area (Å²) < 4.78 is 8.32. The topological polar surface area (TPSA) is 43.9 Å². The molecular formula is C47H35IrN3O-2. The van der Waals surface area contributed by atoms with Crippen LogP contribution in [0.1, 0.15) is 16.7 Å². The van der Waals surface area contributed by atoms with Crippen LogP contribution in [0.4, 0.5) is 0 Å². The Morgan fingerprint density at radius 1 is 0.615 bits per heavy atom. The van der Waals surface area contributed by atoms with Gasteiger partial charge in [-0.1, -0.05) is 114 Å². The number of nitrogens with zero attached hydrogens (tertiary/aromatic N) is 3. The van der Waals surface area contributed by atoms with Crippen LogP contribution in [0.2, 0.25) is 0 Å². The molecule has 0 aliphatic heterocycles. The molecule has 255 valence electrons. The predicted molar refractivity (Wildman–Crippen MR) is 209 cm³/mol. The number of hydrogen-bond acceptors (Lipinski definition) is 3. The summed E-state index contributed by atoms with van der Waals surface area (Å²) in [7, 11) is 0. The molecule has 0 saturated heterocycles. The Morgan fingerprint density at radius 2 is 1.29 bits per heavy atom. The molecule has 0 bridgehead atoms. The summed E-state index contributed by atoms with van der Waals surface area (Å²) in [6, 6.07) is 54.7. The summed E-state index contributed by atoms with van der Waals surface area (Å²) >= 11 is 0. The van der Waals surface area contributed by atoms with Gasteiger partial charge in [0.15, 0.2) is 0 Å². The van der Waals surface area contributed by atoms with E-state index in [2.05, 4.69) is 151 Å². The summed E-state index contributed by atoms with van der Waals surface area (Å²) in [6.45, 7) is 6.24. The maximum absolute atomic E-state index is 6.23. The van der Waals surface area contributed by atoms with Crippen molar-refractivity contribution < 1.29 is 24.5 Å². The summed E-state index contributed by atoms with van der Waals surface area (Å²) in [5.74, 6) is 0.805. The maximum atomic E-state index is 6.23. The van der Waals surface area contributed by atoms with Crippen LogP contribution >= 0.6 is 0 Å². The van der Waals surface area contributed by atoms with Gasteiger partial charge in [0, 0.05) is 49.8 Å². The minimum Gasteiger partial charge on any atom is -0.501 e. The van der Waals surface area contributed by atoms with E-state index < -0.39 is 0 Å². The monoisotopic (exact) mass is 850 g/mol. The molecule has 4 nitrogen and oxygen atoms in total. The Balaban J connectivity index is 0.000000222. The fraction of sp³-hybridized carbons (Fsp3) is 0.0638. The second-order valence-corrected chi connectivity index (χ2v) is 12.7. The Morgan fingerprint density at radius 3 is 1.98 bits per heavy atom. The number of benzene rings is 6. The SMILES string of the molecule is Cc1c[c-]c(-c2cc(C)c(C)cn2)cc1.[Ir].[c-]1ccc2c(oc3ccccc32)c1-c1nccn1-c1ccc(-c2ccc(-c3ccccc3)cc2)cc1. The van der Waals surface area contributed by atoms with Crippen molar-refractivity contribution in [1.82, 2.24) is 14.5 Å². The van der Waals surface area contributed by atoms with Gasteiger partial charge in [0.05, 0.1) is 11.4 Å². The standard InChI is InChI=1S/C33H21N2O.C14H14N.Ir/c1-2-7-23(8-3-1)24-13-15-25(16-14-24)26-17-19-27(20-18-26)35-22-21-34-33(35)30-11-6-10-29-28-9-4-5-12-31(28)36-32(29)30;1-10-4-6-13(7-5-10)14-8-11(2)12(3)9-15-14;/h1-10,12-22H;4-6,8-9H,1-3H3;/q2*-1;. The van der Waals surface area contributed by atoms with Crippen LogP contribution in [-0.4, -0.2) is 14.5 Å². The number of rotatable bonds is 5. The number of imidazole rings is 1. The van der Waals surface area contributed by atoms with E-state index in [9.17, 15) is 0 Å². The quantitative estimate of drug-likeness (QED) is 0.162. The summed E-state index contributed by atoms with van der Waals surface area (Å²) in [6.07, 6.45) is 5.72. The predicted octanol–water partition coefficient (Wildman–Crippen LogP) is 12.0. The molecule has 0 N–H and O–H groups in total. The zero-order chi connectivity index (χ0) is 34.7. The minimum absolute atomic E-state index is 0. The van der Waals surface area contributed by atoms with Gasteiger partial charge in [0.2, 0.25) is 0 Å². The molecule has 3 aromatic heterocycles. The first-order valence-electron chi connectivity index (χ1n) is 17.1. The fourth-order valence-electron chi connectivity index (χ4n) is 6.29. The smallest absolute Gasteiger partial charge is 0.120 e. The third kappa shape index (κ3) is 7.02. The Kier molecular flexibility index (Phi) is 10.1. The minimum atomic E-state index is 0. The molecule has 0 atom stereocenters. The Bertz CT molecular complexity index is 2590. The zero-order valence-corrected chi connectivity index (χ0v) is 31.5. The Hall–Kier alpha value is -5.87. The average molecular weight is 850 g/mol. The molecule has 9 rings (SSSR count). The van der Waals surface area contributed by atoms with Crippen molar-refractivity contribution in [2.24, 2.45) is 0 Å². The normalized spacial score (nSPS) is 10.8. The third-order valence-corrected chi connectivity index (χ3v) is 9.29. The van der Waals surface area contributed by atoms with Crippen molar-refractivity contribution >= 4 is 21.9 Å². The van der Waals surface area contributed by atoms with Gasteiger partial charge in [0.1, 0.15) is 5.58 Å². The number of para-hydroxylation sites is 1. The van der Waals surface area contributed by atoms with Crippen molar-refractivity contribution in [1.29, 1.82) is 0 Å². The molecule has 1 radical (unpaired) electrons. The molecule has 3 heterocycles. The van der Waals surface area contributed by atoms with Gasteiger partial charge in [0.25, 0.3) is 0 Å². The largest absolute Gasteiger partial charge is 0.501 e. The van der Waals surface area contributed by atoms with E-state index in [1.165, 1.54) is 38.9 Å². The van der Waals surface area contributed by atoms with Crippen molar-refractivity contribution in [3.63, 3.8) is 0 Å². The van der Waals surface area contributed by atoms with Crippen LogP contribution in [0.15, 0.2) is 163 Å². The van der Waals surface area contributed by atoms with Crippen molar-refractivity contribution in [3.05, 3.63) is 187 Å². The summed E-state index contributed by atoms with van der Waals surface area (Å²) in [4.78, 5) is 9.08. The van der Waals surface area contributed by atoms with Gasteiger partial charge < -0.3 is 14.0 Å². The van der Waals surface area contributed by atoms with Crippen LogP contribution in [0, 0.1) is 32.9 Å². The van der Waals surface area contributed by atoms with E-state index in [-0.39, 0.29) is 20.1 Å². The molecule has 5 heteroatoms. The van der Waals surface area contributed by atoms with Gasteiger partial charge in [-0.15, -0.1) is 53.6 Å². The molecule has 0 unspecified atom stereocenters. The molecule has 0 amide bonds. The van der Waals surface area contributed by atoms with Crippen LogP contribution in [-0.2, 0) is 20.1 Å². The average Bonchev–Trinajstić information content (AvgIpc) is 3.83. The van der Waals surface area contributed by atoms with E-state index >= 15 is 0 Å². The molecule has 0 fully saturated rings. The summed E-state index contributed by atoms with van der Waals surface area (Å²) in [5.41, 5.74) is 14.2. The Labute approximate surface area is 317 Å². The first kappa shape index (κ1) is 34.6. The summed E-state index contributed by atoms with van der Waals surface area (Å²) in [5, 5.41) is 2.17. The van der Waals surface area contributed by atoms with E-state index in [1.54, 1.807) is 0 Å². The van der Waals surface area contributed by atoms with E-state index in [0.717, 1.165) is 50.3 Å². The second kappa shape index (κ2) is 15.2. The van der Waals surface area contributed by atoms with Crippen LogP contribution in [0.3, 0.4) is 0 Å². The van der Waals surface area contributed by atoms with Crippen LogP contribution in [0.25, 0.3) is 72.5 Å². The third-order valence-electron chi connectivity index (χ3n) is 9.29. The van der Waals surface area contributed by atoms with Crippen molar-refractivity contribution in [3.8, 4) is 50.6 Å². The first-order valence-corrected chi connectivity index (χ1v) is 17.1. The van der Waals surface area contributed by atoms with Gasteiger partial charge in [-0.05, 0) is 65.6 Å². The zero-order valence-electron chi connectivity index (χ0n) is 29.1. The van der Waals surface area contributed by atoms with E-state index in [4.69, 9.17) is 4.42 Å². The van der Waals surface area contributed by atoms with E-state index in [0.29, 0.717) is 0 Å². The van der Waals surface area contributed by atoms with Gasteiger partial charge >= 0.3 is 0 Å². The number of pyridine rings is 1.